The van der Waals surface area contributed by atoms with Gasteiger partial charge >= 0.3 is 23.9 Å². The smallest absolute Gasteiger partial charge is 0.347 e. The van der Waals surface area contributed by atoms with Gasteiger partial charge in [-0.2, -0.15) is 0 Å². The van der Waals surface area contributed by atoms with E-state index in [2.05, 4.69) is 9.47 Å². The van der Waals surface area contributed by atoms with Crippen LogP contribution in [0.2, 0.25) is 0 Å². The molecule has 7 nitrogen and oxygen atoms in total. The Kier molecular flexibility index (Phi) is 4.47. The molecule has 0 bridgehead atoms. The van der Waals surface area contributed by atoms with Gasteiger partial charge in [0, 0.05) is 12.0 Å². The number of rotatable bonds is 5. The van der Waals surface area contributed by atoms with E-state index in [9.17, 15) is 19.2 Å². The largest absolute Gasteiger partial charge is 0.462 e. The van der Waals surface area contributed by atoms with Gasteiger partial charge in [-0.15, -0.1) is 0 Å². The maximum absolute atomic E-state index is 11.6. The number of carbonyl (C=O) groups is 4. The highest BCUT2D eigenvalue weighted by Gasteiger charge is 2.30. The number of benzene rings is 1. The fraction of sp³-hybridized carbons (Fsp3) is 0.222. The van der Waals surface area contributed by atoms with Crippen LogP contribution in [-0.4, -0.2) is 23.9 Å². The van der Waals surface area contributed by atoms with E-state index in [1.54, 1.807) is 12.1 Å². The molecule has 1 aromatic rings. The third-order valence-electron chi connectivity index (χ3n) is 3.64. The molecular formula is C18H14O7. The van der Waals surface area contributed by atoms with Gasteiger partial charge in [-0.3, -0.25) is 4.79 Å². The Balaban J connectivity index is 1.82. The van der Waals surface area contributed by atoms with Gasteiger partial charge in [0.2, 0.25) is 0 Å². The molecule has 3 rings (SSSR count). The SMILES string of the molecule is CCC/C(=C\C=C1/CC(=O)OC1=O)Oc1ccc2c(c1)C(=O)OC2=O. The molecular weight excluding hydrogens is 328 g/mol. The minimum atomic E-state index is -0.708. The maximum atomic E-state index is 11.6. The van der Waals surface area contributed by atoms with E-state index in [0.29, 0.717) is 17.9 Å². The first-order valence-corrected chi connectivity index (χ1v) is 7.71. The van der Waals surface area contributed by atoms with Gasteiger partial charge in [-0.1, -0.05) is 6.92 Å². The molecule has 1 saturated heterocycles. The Morgan fingerprint density at radius 2 is 1.84 bits per heavy atom. The highest BCUT2D eigenvalue weighted by atomic mass is 16.6. The van der Waals surface area contributed by atoms with Crippen molar-refractivity contribution < 1.29 is 33.4 Å². The van der Waals surface area contributed by atoms with Crippen LogP contribution in [0, 0.1) is 0 Å². The van der Waals surface area contributed by atoms with Crippen LogP contribution < -0.4 is 4.74 Å². The van der Waals surface area contributed by atoms with Crippen molar-refractivity contribution in [1.29, 1.82) is 0 Å². The third kappa shape index (κ3) is 3.50. The number of ether oxygens (including phenoxy) is 3. The molecule has 2 aliphatic rings. The Morgan fingerprint density at radius 3 is 2.52 bits per heavy atom. The van der Waals surface area contributed by atoms with Crippen molar-refractivity contribution >= 4 is 23.9 Å². The first-order chi connectivity index (χ1) is 12.0. The average Bonchev–Trinajstić information content (AvgIpc) is 3.04. The highest BCUT2D eigenvalue weighted by Crippen LogP contribution is 2.26. The van der Waals surface area contributed by atoms with Crippen LogP contribution in [0.15, 0.2) is 41.7 Å². The summed E-state index contributed by atoms with van der Waals surface area (Å²) in [5, 5.41) is 0. The fourth-order valence-corrected chi connectivity index (χ4v) is 2.45. The van der Waals surface area contributed by atoms with E-state index in [4.69, 9.17) is 4.74 Å². The van der Waals surface area contributed by atoms with E-state index in [0.717, 1.165) is 6.42 Å². The topological polar surface area (TPSA) is 96.0 Å². The summed E-state index contributed by atoms with van der Waals surface area (Å²) in [4.78, 5) is 45.6. The normalized spacial score (nSPS) is 18.4. The maximum Gasteiger partial charge on any atom is 0.347 e. The van der Waals surface area contributed by atoms with Gasteiger partial charge in [-0.05, 0) is 36.8 Å². The predicted molar refractivity (Wildman–Crippen MR) is 83.6 cm³/mol. The number of hydrogen-bond donors (Lipinski definition) is 0. The summed E-state index contributed by atoms with van der Waals surface area (Å²) in [6.45, 7) is 1.95. The summed E-state index contributed by atoms with van der Waals surface area (Å²) < 4.78 is 14.7. The molecule has 0 amide bonds. The molecule has 1 fully saturated rings. The first kappa shape index (κ1) is 16.6. The van der Waals surface area contributed by atoms with Crippen molar-refractivity contribution in [3.8, 4) is 5.75 Å². The number of fused-ring (bicyclic) bond motifs is 1. The molecule has 2 heterocycles. The number of esters is 4. The molecule has 2 aliphatic heterocycles. The van der Waals surface area contributed by atoms with E-state index in [-0.39, 0.29) is 23.1 Å². The molecule has 0 radical (unpaired) electrons. The Morgan fingerprint density at radius 1 is 1.08 bits per heavy atom. The molecule has 1 aromatic carbocycles. The first-order valence-electron chi connectivity index (χ1n) is 7.71. The molecule has 7 heteroatoms. The molecule has 0 saturated carbocycles. The standard InChI is InChI=1S/C18H14O7/c1-2-3-11(5-4-10-8-15(19)24-16(10)20)23-12-6-7-13-14(9-12)18(22)25-17(13)21/h4-7,9H,2-3,8H2,1H3/b10-4+,11-5+. The lowest BCUT2D eigenvalue weighted by atomic mass is 10.1. The molecule has 128 valence electrons. The molecule has 0 unspecified atom stereocenters. The Labute approximate surface area is 142 Å². The molecule has 0 spiro atoms. The van der Waals surface area contributed by atoms with E-state index in [1.165, 1.54) is 18.2 Å². The summed E-state index contributed by atoms with van der Waals surface area (Å²) in [5.41, 5.74) is 0.611. The van der Waals surface area contributed by atoms with Crippen LogP contribution in [0.4, 0.5) is 0 Å². The monoisotopic (exact) mass is 342 g/mol. The summed E-state index contributed by atoms with van der Waals surface area (Å²) in [5.74, 6) is -1.71. The minimum Gasteiger partial charge on any atom is -0.462 e. The predicted octanol–water partition coefficient (Wildman–Crippen LogP) is 2.46. The fourth-order valence-electron chi connectivity index (χ4n) is 2.45. The van der Waals surface area contributed by atoms with Gasteiger partial charge in [0.05, 0.1) is 17.5 Å². The van der Waals surface area contributed by atoms with Crippen LogP contribution in [0.1, 0.15) is 46.9 Å². The van der Waals surface area contributed by atoms with Gasteiger partial charge in [0.1, 0.15) is 11.5 Å². The second-order valence-corrected chi connectivity index (χ2v) is 5.50. The summed E-state index contributed by atoms with van der Waals surface area (Å²) >= 11 is 0. The van der Waals surface area contributed by atoms with Crippen LogP contribution in [-0.2, 0) is 19.1 Å². The zero-order valence-electron chi connectivity index (χ0n) is 13.4. The zero-order chi connectivity index (χ0) is 18.0. The van der Waals surface area contributed by atoms with Crippen molar-refractivity contribution in [3.05, 3.63) is 52.8 Å². The van der Waals surface area contributed by atoms with Crippen LogP contribution in [0.25, 0.3) is 0 Å². The quantitative estimate of drug-likeness (QED) is 0.351. The van der Waals surface area contributed by atoms with Crippen LogP contribution in [0.5, 0.6) is 5.75 Å². The van der Waals surface area contributed by atoms with Gasteiger partial charge < -0.3 is 14.2 Å². The lowest BCUT2D eigenvalue weighted by Crippen LogP contribution is -1.99. The van der Waals surface area contributed by atoms with E-state index >= 15 is 0 Å². The minimum absolute atomic E-state index is 0.0679. The van der Waals surface area contributed by atoms with Crippen LogP contribution in [0.3, 0.4) is 0 Å². The second kappa shape index (κ2) is 6.72. The second-order valence-electron chi connectivity index (χ2n) is 5.50. The molecule has 0 aliphatic carbocycles. The summed E-state index contributed by atoms with van der Waals surface area (Å²) in [6.07, 6.45) is 4.37. The van der Waals surface area contributed by atoms with Gasteiger partial charge in [-0.25, -0.2) is 14.4 Å². The number of allylic oxidation sites excluding steroid dienone is 3. The summed E-state index contributed by atoms with van der Waals surface area (Å²) in [7, 11) is 0. The van der Waals surface area contributed by atoms with E-state index < -0.39 is 23.9 Å². The highest BCUT2D eigenvalue weighted by molar-refractivity contribution is 6.14. The molecule has 25 heavy (non-hydrogen) atoms. The lowest BCUT2D eigenvalue weighted by molar-refractivity contribution is -0.151. The van der Waals surface area contributed by atoms with Crippen molar-refractivity contribution in [1.82, 2.24) is 0 Å². The Bertz CT molecular complexity index is 845. The van der Waals surface area contributed by atoms with Gasteiger partial charge in [0.15, 0.2) is 0 Å². The van der Waals surface area contributed by atoms with Crippen molar-refractivity contribution in [2.45, 2.75) is 26.2 Å². The average molecular weight is 342 g/mol. The third-order valence-corrected chi connectivity index (χ3v) is 3.64. The number of hydrogen-bond acceptors (Lipinski definition) is 7. The zero-order valence-corrected chi connectivity index (χ0v) is 13.4. The molecule has 0 atom stereocenters. The van der Waals surface area contributed by atoms with Crippen molar-refractivity contribution in [3.63, 3.8) is 0 Å². The molecule has 0 aromatic heterocycles. The van der Waals surface area contributed by atoms with E-state index in [1.807, 2.05) is 6.92 Å². The summed E-state index contributed by atoms with van der Waals surface area (Å²) in [6, 6.07) is 4.46. The lowest BCUT2D eigenvalue weighted by Gasteiger charge is -2.09. The van der Waals surface area contributed by atoms with Crippen molar-refractivity contribution in [2.24, 2.45) is 0 Å². The number of cyclic esters (lactones) is 4. The van der Waals surface area contributed by atoms with Crippen LogP contribution >= 0.6 is 0 Å². The number of carbonyl (C=O) groups excluding carboxylic acids is 4. The van der Waals surface area contributed by atoms with Gasteiger partial charge in [0.25, 0.3) is 0 Å². The van der Waals surface area contributed by atoms with Crippen molar-refractivity contribution in [2.75, 3.05) is 0 Å². The Hall–Kier alpha value is -3.22. The molecule has 0 N–H and O–H groups in total.